The van der Waals surface area contributed by atoms with Crippen LogP contribution in [0, 0.1) is 0 Å². The van der Waals surface area contributed by atoms with Gasteiger partial charge in [0.2, 0.25) is 11.7 Å². The number of Topliss-reactive ketones (excluding diaryl/α,β-unsaturated/α-hetero) is 1. The Morgan fingerprint density at radius 3 is 2.07 bits per heavy atom. The summed E-state index contributed by atoms with van der Waals surface area (Å²) in [7, 11) is 4.62. The van der Waals surface area contributed by atoms with Crippen molar-refractivity contribution in [3.63, 3.8) is 0 Å². The highest BCUT2D eigenvalue weighted by molar-refractivity contribution is 5.98. The number of piperazine rings is 1. The van der Waals surface area contributed by atoms with Crippen LogP contribution in [0.4, 0.5) is 5.95 Å². The molecular weight excluding hydrogens is 348 g/mol. The lowest BCUT2D eigenvalue weighted by Gasteiger charge is -2.34. The number of anilines is 1. The summed E-state index contributed by atoms with van der Waals surface area (Å²) < 4.78 is 16.0. The zero-order chi connectivity index (χ0) is 19.2. The quantitative estimate of drug-likeness (QED) is 0.677. The zero-order valence-electron chi connectivity index (χ0n) is 15.8. The third-order valence-electron chi connectivity index (χ3n) is 4.56. The molecule has 0 bridgehead atoms. The van der Waals surface area contributed by atoms with E-state index in [-0.39, 0.29) is 5.78 Å². The van der Waals surface area contributed by atoms with E-state index in [9.17, 15) is 4.79 Å². The van der Waals surface area contributed by atoms with Gasteiger partial charge in [-0.1, -0.05) is 0 Å². The van der Waals surface area contributed by atoms with E-state index in [4.69, 9.17) is 14.2 Å². The molecule has 27 heavy (non-hydrogen) atoms. The van der Waals surface area contributed by atoms with Crippen LogP contribution in [0.25, 0.3) is 0 Å². The Balaban J connectivity index is 1.64. The van der Waals surface area contributed by atoms with Crippen molar-refractivity contribution in [3.05, 3.63) is 36.2 Å². The average Bonchev–Trinajstić information content (AvgIpc) is 2.73. The molecule has 1 aliphatic heterocycles. The minimum atomic E-state index is 0.0127. The minimum absolute atomic E-state index is 0.0127. The minimum Gasteiger partial charge on any atom is -0.493 e. The van der Waals surface area contributed by atoms with Crippen LogP contribution in [0.5, 0.6) is 17.2 Å². The first-order valence-electron chi connectivity index (χ1n) is 8.73. The Morgan fingerprint density at radius 1 is 0.963 bits per heavy atom. The van der Waals surface area contributed by atoms with Gasteiger partial charge in [0.15, 0.2) is 17.3 Å². The van der Waals surface area contributed by atoms with E-state index in [1.54, 1.807) is 30.6 Å². The molecule has 0 unspecified atom stereocenters. The number of carbonyl (C=O) groups is 1. The molecule has 1 saturated heterocycles. The highest BCUT2D eigenvalue weighted by Crippen LogP contribution is 2.38. The summed E-state index contributed by atoms with van der Waals surface area (Å²) in [6.45, 7) is 3.45. The summed E-state index contributed by atoms with van der Waals surface area (Å²) in [5.74, 6) is 2.18. The maximum absolute atomic E-state index is 12.8. The predicted molar refractivity (Wildman–Crippen MR) is 101 cm³/mol. The molecule has 8 nitrogen and oxygen atoms in total. The molecule has 1 aliphatic rings. The second-order valence-electron chi connectivity index (χ2n) is 6.15. The molecule has 1 aromatic carbocycles. The normalized spacial score (nSPS) is 14.7. The smallest absolute Gasteiger partial charge is 0.225 e. The number of rotatable bonds is 7. The highest BCUT2D eigenvalue weighted by Gasteiger charge is 2.22. The van der Waals surface area contributed by atoms with Crippen molar-refractivity contribution in [1.82, 2.24) is 14.9 Å². The molecule has 0 N–H and O–H groups in total. The molecule has 2 aromatic rings. The molecule has 0 saturated carbocycles. The molecule has 0 amide bonds. The van der Waals surface area contributed by atoms with Crippen LogP contribution in [0.15, 0.2) is 30.6 Å². The van der Waals surface area contributed by atoms with Crippen LogP contribution in [0.2, 0.25) is 0 Å². The second-order valence-corrected chi connectivity index (χ2v) is 6.15. The molecule has 0 aliphatic carbocycles. The van der Waals surface area contributed by atoms with E-state index in [1.807, 2.05) is 0 Å². The maximum Gasteiger partial charge on any atom is 0.225 e. The van der Waals surface area contributed by atoms with Gasteiger partial charge in [-0.2, -0.15) is 0 Å². The van der Waals surface area contributed by atoms with Gasteiger partial charge < -0.3 is 19.1 Å². The van der Waals surface area contributed by atoms with E-state index < -0.39 is 0 Å². The lowest BCUT2D eigenvalue weighted by atomic mass is 10.1. The lowest BCUT2D eigenvalue weighted by molar-refractivity contribution is 0.0925. The molecule has 0 atom stereocenters. The lowest BCUT2D eigenvalue weighted by Crippen LogP contribution is -2.48. The van der Waals surface area contributed by atoms with Gasteiger partial charge in [0.1, 0.15) is 0 Å². The van der Waals surface area contributed by atoms with Gasteiger partial charge in [-0.05, 0) is 18.2 Å². The SMILES string of the molecule is COc1cc(C(=O)CN2CCN(c3ncccn3)CC2)cc(OC)c1OC. The van der Waals surface area contributed by atoms with Crippen molar-refractivity contribution in [3.8, 4) is 17.2 Å². The third-order valence-corrected chi connectivity index (χ3v) is 4.56. The molecule has 8 heteroatoms. The monoisotopic (exact) mass is 372 g/mol. The Labute approximate surface area is 158 Å². The van der Waals surface area contributed by atoms with Crippen molar-refractivity contribution in [2.75, 3.05) is 59.0 Å². The average molecular weight is 372 g/mol. The summed E-state index contributed by atoms with van der Waals surface area (Å²) >= 11 is 0. The molecule has 1 aromatic heterocycles. The fourth-order valence-electron chi connectivity index (χ4n) is 3.10. The van der Waals surface area contributed by atoms with Crippen LogP contribution in [-0.4, -0.2) is 74.7 Å². The second kappa shape index (κ2) is 8.68. The van der Waals surface area contributed by atoms with Gasteiger partial charge in [-0.3, -0.25) is 9.69 Å². The van der Waals surface area contributed by atoms with Gasteiger partial charge in [0.25, 0.3) is 0 Å². The van der Waals surface area contributed by atoms with Crippen LogP contribution in [-0.2, 0) is 0 Å². The fourth-order valence-corrected chi connectivity index (χ4v) is 3.10. The van der Waals surface area contributed by atoms with Gasteiger partial charge >= 0.3 is 0 Å². The number of nitrogens with zero attached hydrogens (tertiary/aromatic N) is 4. The molecule has 2 heterocycles. The number of ether oxygens (including phenoxy) is 3. The third kappa shape index (κ3) is 4.28. The van der Waals surface area contributed by atoms with E-state index in [1.165, 1.54) is 21.3 Å². The largest absolute Gasteiger partial charge is 0.493 e. The summed E-state index contributed by atoms with van der Waals surface area (Å²) in [5.41, 5.74) is 0.540. The number of ketones is 1. The Bertz CT molecular complexity index is 752. The van der Waals surface area contributed by atoms with Crippen molar-refractivity contribution in [2.45, 2.75) is 0 Å². The summed E-state index contributed by atoms with van der Waals surface area (Å²) in [6.07, 6.45) is 3.48. The first-order chi connectivity index (χ1) is 13.2. The van der Waals surface area contributed by atoms with Gasteiger partial charge in [-0.15, -0.1) is 0 Å². The van der Waals surface area contributed by atoms with Crippen LogP contribution in [0.3, 0.4) is 0 Å². The summed E-state index contributed by atoms with van der Waals surface area (Å²) in [5, 5.41) is 0. The number of methoxy groups -OCH3 is 3. The topological polar surface area (TPSA) is 77.0 Å². The number of benzene rings is 1. The molecule has 0 spiro atoms. The first kappa shape index (κ1) is 18.9. The molecule has 1 fully saturated rings. The Kier molecular flexibility index (Phi) is 6.08. The van der Waals surface area contributed by atoms with E-state index in [0.717, 1.165) is 32.1 Å². The van der Waals surface area contributed by atoms with E-state index >= 15 is 0 Å². The number of hydrogen-bond donors (Lipinski definition) is 0. The first-order valence-corrected chi connectivity index (χ1v) is 8.73. The van der Waals surface area contributed by atoms with Crippen LogP contribution < -0.4 is 19.1 Å². The van der Waals surface area contributed by atoms with E-state index in [0.29, 0.717) is 29.4 Å². The number of hydrogen-bond acceptors (Lipinski definition) is 8. The van der Waals surface area contributed by atoms with Crippen LogP contribution >= 0.6 is 0 Å². The van der Waals surface area contributed by atoms with Crippen molar-refractivity contribution in [1.29, 1.82) is 0 Å². The zero-order valence-corrected chi connectivity index (χ0v) is 15.8. The molecular formula is C19H24N4O4. The number of carbonyl (C=O) groups excluding carboxylic acids is 1. The van der Waals surface area contributed by atoms with Crippen molar-refractivity contribution < 1.29 is 19.0 Å². The van der Waals surface area contributed by atoms with Crippen molar-refractivity contribution >= 4 is 11.7 Å². The molecule has 144 valence electrons. The molecule has 3 rings (SSSR count). The van der Waals surface area contributed by atoms with Gasteiger partial charge in [-0.25, -0.2) is 9.97 Å². The van der Waals surface area contributed by atoms with Crippen LogP contribution in [0.1, 0.15) is 10.4 Å². The number of aromatic nitrogens is 2. The summed E-state index contributed by atoms with van der Waals surface area (Å²) in [6, 6.07) is 5.19. The Morgan fingerprint density at radius 2 is 1.56 bits per heavy atom. The summed E-state index contributed by atoms with van der Waals surface area (Å²) in [4.78, 5) is 25.6. The van der Waals surface area contributed by atoms with Gasteiger partial charge in [0.05, 0.1) is 27.9 Å². The van der Waals surface area contributed by atoms with Crippen molar-refractivity contribution in [2.24, 2.45) is 0 Å². The highest BCUT2D eigenvalue weighted by atomic mass is 16.5. The Hall–Kier alpha value is -2.87. The molecule has 0 radical (unpaired) electrons. The fraction of sp³-hybridized carbons (Fsp3) is 0.421. The standard InChI is InChI=1S/C19H24N4O4/c1-25-16-11-14(12-17(26-2)18(16)27-3)15(24)13-22-7-9-23(10-8-22)19-20-5-4-6-21-19/h4-6,11-12H,7-10,13H2,1-3H3. The van der Waals surface area contributed by atoms with Gasteiger partial charge in [0, 0.05) is 44.1 Å². The predicted octanol–water partition coefficient (Wildman–Crippen LogP) is 1.51. The van der Waals surface area contributed by atoms with E-state index in [2.05, 4.69) is 19.8 Å². The maximum atomic E-state index is 12.8.